The molecule has 1 amide bonds. The number of rotatable bonds is 4. The molecule has 0 atom stereocenters. The molecule has 0 aromatic heterocycles. The summed E-state index contributed by atoms with van der Waals surface area (Å²) in [5, 5.41) is 0. The monoisotopic (exact) mass is 237 g/mol. The molecule has 1 saturated carbocycles. The topological polar surface area (TPSA) is 20.3 Å². The van der Waals surface area contributed by atoms with E-state index in [4.69, 9.17) is 0 Å². The maximum atomic E-state index is 12.2. The van der Waals surface area contributed by atoms with Crippen molar-refractivity contribution in [3.63, 3.8) is 0 Å². The summed E-state index contributed by atoms with van der Waals surface area (Å²) in [7, 11) is 0. The van der Waals surface area contributed by atoms with Gasteiger partial charge < -0.3 is 4.90 Å². The molecule has 2 aliphatic rings. The van der Waals surface area contributed by atoms with Crippen LogP contribution in [0.4, 0.5) is 0 Å². The van der Waals surface area contributed by atoms with Crippen LogP contribution in [0.15, 0.2) is 0 Å². The number of hydrogen-bond donors (Lipinski definition) is 0. The summed E-state index contributed by atoms with van der Waals surface area (Å²) in [5.74, 6) is 1.74. The number of hydrogen-bond acceptors (Lipinski definition) is 1. The van der Waals surface area contributed by atoms with Crippen LogP contribution < -0.4 is 0 Å². The van der Waals surface area contributed by atoms with E-state index in [2.05, 4.69) is 11.8 Å². The average molecular weight is 237 g/mol. The first-order valence-electron chi connectivity index (χ1n) is 7.60. The molecule has 17 heavy (non-hydrogen) atoms. The van der Waals surface area contributed by atoms with Gasteiger partial charge in [-0.25, -0.2) is 0 Å². The third-order valence-corrected chi connectivity index (χ3v) is 4.60. The fourth-order valence-electron chi connectivity index (χ4n) is 3.37. The van der Waals surface area contributed by atoms with Crippen LogP contribution in [-0.4, -0.2) is 23.9 Å². The van der Waals surface area contributed by atoms with Crippen LogP contribution in [-0.2, 0) is 4.79 Å². The lowest BCUT2D eigenvalue weighted by molar-refractivity contribution is -0.136. The molecular formula is C15H27NO. The second kappa shape index (κ2) is 6.42. The molecule has 98 valence electrons. The quantitative estimate of drug-likeness (QED) is 0.731. The summed E-state index contributed by atoms with van der Waals surface area (Å²) in [5.41, 5.74) is 0. The Hall–Kier alpha value is -0.530. The fourth-order valence-corrected chi connectivity index (χ4v) is 3.37. The number of carbonyl (C=O) groups excluding carboxylic acids is 1. The van der Waals surface area contributed by atoms with E-state index < -0.39 is 0 Å². The molecule has 1 saturated heterocycles. The zero-order chi connectivity index (χ0) is 12.1. The Morgan fingerprint density at radius 1 is 1.12 bits per heavy atom. The first-order chi connectivity index (χ1) is 8.31. The van der Waals surface area contributed by atoms with E-state index in [0.29, 0.717) is 11.8 Å². The van der Waals surface area contributed by atoms with E-state index in [1.165, 1.54) is 44.9 Å². The Labute approximate surface area is 106 Å². The SMILES string of the molecule is CCCCC1CCN(C(=O)C2CCCC2)CC1. The van der Waals surface area contributed by atoms with Crippen molar-refractivity contribution in [2.45, 2.75) is 64.7 Å². The Morgan fingerprint density at radius 3 is 2.35 bits per heavy atom. The number of likely N-dealkylation sites (tertiary alicyclic amines) is 1. The summed E-state index contributed by atoms with van der Waals surface area (Å²) in [6.45, 7) is 4.33. The van der Waals surface area contributed by atoms with Crippen LogP contribution in [0.2, 0.25) is 0 Å². The van der Waals surface area contributed by atoms with Crippen LogP contribution in [0.3, 0.4) is 0 Å². The van der Waals surface area contributed by atoms with Gasteiger partial charge in [-0.2, -0.15) is 0 Å². The van der Waals surface area contributed by atoms with Crippen LogP contribution in [0.1, 0.15) is 64.7 Å². The minimum absolute atomic E-state index is 0.377. The second-order valence-corrected chi connectivity index (χ2v) is 5.89. The van der Waals surface area contributed by atoms with Gasteiger partial charge in [-0.15, -0.1) is 0 Å². The predicted octanol–water partition coefficient (Wildman–Crippen LogP) is 3.61. The van der Waals surface area contributed by atoms with Gasteiger partial charge in [0, 0.05) is 19.0 Å². The van der Waals surface area contributed by atoms with Gasteiger partial charge in [-0.1, -0.05) is 39.0 Å². The molecule has 2 rings (SSSR count). The highest BCUT2D eigenvalue weighted by Gasteiger charge is 2.29. The minimum atomic E-state index is 0.377. The van der Waals surface area contributed by atoms with Crippen molar-refractivity contribution in [1.29, 1.82) is 0 Å². The van der Waals surface area contributed by atoms with E-state index in [-0.39, 0.29) is 0 Å². The molecule has 0 aromatic carbocycles. The fraction of sp³-hybridized carbons (Fsp3) is 0.933. The number of carbonyl (C=O) groups is 1. The Kier molecular flexibility index (Phi) is 4.87. The smallest absolute Gasteiger partial charge is 0.225 e. The van der Waals surface area contributed by atoms with Crippen molar-refractivity contribution in [2.75, 3.05) is 13.1 Å². The molecule has 0 spiro atoms. The number of nitrogens with zero attached hydrogens (tertiary/aromatic N) is 1. The van der Waals surface area contributed by atoms with Gasteiger partial charge in [0.25, 0.3) is 0 Å². The lowest BCUT2D eigenvalue weighted by Gasteiger charge is -2.33. The van der Waals surface area contributed by atoms with Crippen molar-refractivity contribution < 1.29 is 4.79 Å². The van der Waals surface area contributed by atoms with Crippen molar-refractivity contribution in [2.24, 2.45) is 11.8 Å². The molecule has 0 N–H and O–H groups in total. The number of unbranched alkanes of at least 4 members (excludes halogenated alkanes) is 1. The lowest BCUT2D eigenvalue weighted by Crippen LogP contribution is -2.41. The van der Waals surface area contributed by atoms with Gasteiger partial charge in [0.15, 0.2) is 0 Å². The standard InChI is InChI=1S/C15H27NO/c1-2-3-6-13-9-11-16(12-10-13)15(17)14-7-4-5-8-14/h13-14H,2-12H2,1H3. The van der Waals surface area contributed by atoms with Gasteiger partial charge in [0.05, 0.1) is 0 Å². The molecule has 2 heteroatoms. The van der Waals surface area contributed by atoms with E-state index >= 15 is 0 Å². The van der Waals surface area contributed by atoms with Crippen molar-refractivity contribution in [3.05, 3.63) is 0 Å². The van der Waals surface area contributed by atoms with E-state index in [0.717, 1.165) is 31.8 Å². The molecule has 0 unspecified atom stereocenters. The highest BCUT2D eigenvalue weighted by molar-refractivity contribution is 5.79. The first kappa shape index (κ1) is 12.9. The van der Waals surface area contributed by atoms with Crippen LogP contribution >= 0.6 is 0 Å². The highest BCUT2D eigenvalue weighted by Crippen LogP contribution is 2.29. The maximum absolute atomic E-state index is 12.2. The Morgan fingerprint density at radius 2 is 1.76 bits per heavy atom. The van der Waals surface area contributed by atoms with Gasteiger partial charge >= 0.3 is 0 Å². The zero-order valence-electron chi connectivity index (χ0n) is 11.3. The summed E-state index contributed by atoms with van der Waals surface area (Å²) in [6.07, 6.45) is 11.4. The lowest BCUT2D eigenvalue weighted by atomic mass is 9.91. The summed E-state index contributed by atoms with van der Waals surface area (Å²) in [6, 6.07) is 0. The largest absolute Gasteiger partial charge is 0.342 e. The van der Waals surface area contributed by atoms with Gasteiger partial charge in [-0.05, 0) is 31.6 Å². The van der Waals surface area contributed by atoms with Crippen LogP contribution in [0.25, 0.3) is 0 Å². The molecule has 0 bridgehead atoms. The third-order valence-electron chi connectivity index (χ3n) is 4.60. The van der Waals surface area contributed by atoms with E-state index in [1.807, 2.05) is 0 Å². The highest BCUT2D eigenvalue weighted by atomic mass is 16.2. The molecule has 0 aromatic rings. The summed E-state index contributed by atoms with van der Waals surface area (Å²) in [4.78, 5) is 14.4. The first-order valence-corrected chi connectivity index (χ1v) is 7.60. The molecule has 2 nitrogen and oxygen atoms in total. The maximum Gasteiger partial charge on any atom is 0.225 e. The zero-order valence-corrected chi connectivity index (χ0v) is 11.3. The van der Waals surface area contributed by atoms with Gasteiger partial charge in [-0.3, -0.25) is 4.79 Å². The normalized spacial score (nSPS) is 23.2. The number of amides is 1. The van der Waals surface area contributed by atoms with Crippen LogP contribution in [0, 0.1) is 11.8 Å². The molecule has 1 aliphatic carbocycles. The van der Waals surface area contributed by atoms with Gasteiger partial charge in [0.1, 0.15) is 0 Å². The van der Waals surface area contributed by atoms with Crippen LogP contribution in [0.5, 0.6) is 0 Å². The van der Waals surface area contributed by atoms with Crippen molar-refractivity contribution in [3.8, 4) is 0 Å². The molecule has 0 radical (unpaired) electrons. The van der Waals surface area contributed by atoms with Crippen molar-refractivity contribution >= 4 is 5.91 Å². The predicted molar refractivity (Wildman–Crippen MR) is 70.8 cm³/mol. The van der Waals surface area contributed by atoms with E-state index in [9.17, 15) is 4.79 Å². The third kappa shape index (κ3) is 3.46. The molecule has 2 fully saturated rings. The number of piperidine rings is 1. The van der Waals surface area contributed by atoms with Gasteiger partial charge in [0.2, 0.25) is 5.91 Å². The summed E-state index contributed by atoms with van der Waals surface area (Å²) < 4.78 is 0. The minimum Gasteiger partial charge on any atom is -0.342 e. The van der Waals surface area contributed by atoms with E-state index in [1.54, 1.807) is 0 Å². The van der Waals surface area contributed by atoms with Crippen molar-refractivity contribution in [1.82, 2.24) is 4.90 Å². The second-order valence-electron chi connectivity index (χ2n) is 5.89. The molecular weight excluding hydrogens is 210 g/mol. The summed E-state index contributed by atoms with van der Waals surface area (Å²) >= 11 is 0. The average Bonchev–Trinajstić information content (AvgIpc) is 2.90. The Balaban J connectivity index is 1.72. The molecule has 1 heterocycles. The Bertz CT molecular complexity index is 237. The molecule has 1 aliphatic heterocycles.